The van der Waals surface area contributed by atoms with Crippen molar-refractivity contribution in [3.05, 3.63) is 130 Å². The van der Waals surface area contributed by atoms with E-state index in [0.717, 1.165) is 31.5 Å². The van der Waals surface area contributed by atoms with Gasteiger partial charge >= 0.3 is 0 Å². The number of rotatable bonds is 13. The second kappa shape index (κ2) is 15.3. The van der Waals surface area contributed by atoms with E-state index in [4.69, 9.17) is 0 Å². The minimum Gasteiger partial charge on any atom is -0.352 e. The maximum absolute atomic E-state index is 15.2. The third kappa shape index (κ3) is 8.79. The number of hydrogen-bond donors (Lipinski definition) is 1. The summed E-state index contributed by atoms with van der Waals surface area (Å²) >= 11 is 3.47. The Labute approximate surface area is 273 Å². The molecule has 0 aliphatic carbocycles. The lowest BCUT2D eigenvalue weighted by molar-refractivity contribution is -0.140. The third-order valence-electron chi connectivity index (χ3n) is 7.52. The number of hydrogen-bond acceptors (Lipinski definition) is 4. The van der Waals surface area contributed by atoms with E-state index in [9.17, 15) is 18.0 Å². The van der Waals surface area contributed by atoms with Gasteiger partial charge < -0.3 is 10.2 Å². The topological polar surface area (TPSA) is 86.8 Å². The number of nitrogens with zero attached hydrogens (tertiary/aromatic N) is 2. The molecule has 0 aliphatic heterocycles. The van der Waals surface area contributed by atoms with Crippen molar-refractivity contribution in [2.45, 2.75) is 57.1 Å². The van der Waals surface area contributed by atoms with Gasteiger partial charge in [0, 0.05) is 23.5 Å². The molecule has 4 aromatic carbocycles. The van der Waals surface area contributed by atoms with Crippen molar-refractivity contribution in [2.75, 3.05) is 10.8 Å². The third-order valence-corrected chi connectivity index (χ3v) is 9.79. The van der Waals surface area contributed by atoms with Crippen molar-refractivity contribution in [1.82, 2.24) is 10.2 Å². The summed E-state index contributed by atoms with van der Waals surface area (Å²) in [5.74, 6) is -1.82. The summed E-state index contributed by atoms with van der Waals surface area (Å²) in [5, 5.41) is 3.00. The molecule has 0 saturated heterocycles. The van der Waals surface area contributed by atoms with Crippen LogP contribution in [-0.4, -0.2) is 43.8 Å². The molecule has 0 heterocycles. The Morgan fingerprint density at radius 2 is 1.53 bits per heavy atom. The van der Waals surface area contributed by atoms with Crippen LogP contribution < -0.4 is 9.62 Å². The molecule has 0 bridgehead atoms. The van der Waals surface area contributed by atoms with Crippen LogP contribution in [0.15, 0.2) is 112 Å². The number of sulfonamides is 1. The van der Waals surface area contributed by atoms with Crippen LogP contribution in [0.25, 0.3) is 0 Å². The van der Waals surface area contributed by atoms with Crippen molar-refractivity contribution in [3.63, 3.8) is 0 Å². The van der Waals surface area contributed by atoms with Crippen molar-refractivity contribution in [1.29, 1.82) is 0 Å². The quantitative estimate of drug-likeness (QED) is 0.170. The number of carbonyl (C=O) groups is 2. The molecule has 7 nitrogen and oxygen atoms in total. The fourth-order valence-corrected chi connectivity index (χ4v) is 6.70. The van der Waals surface area contributed by atoms with E-state index in [2.05, 4.69) is 21.2 Å². The highest BCUT2D eigenvalue weighted by Gasteiger charge is 2.35. The molecule has 236 valence electrons. The average Bonchev–Trinajstić information content (AvgIpc) is 3.02. The number of nitrogens with one attached hydrogen (secondary N) is 1. The number of halogens is 2. The molecule has 1 N–H and O–H groups in total. The van der Waals surface area contributed by atoms with Gasteiger partial charge in [-0.2, -0.15) is 0 Å². The van der Waals surface area contributed by atoms with Gasteiger partial charge in [0.1, 0.15) is 18.4 Å². The van der Waals surface area contributed by atoms with Crippen LogP contribution in [-0.2, 0) is 32.6 Å². The molecule has 0 aliphatic rings. The lowest BCUT2D eigenvalue weighted by Crippen LogP contribution is -2.54. The Bertz CT molecular complexity index is 1720. The first-order chi connectivity index (χ1) is 21.5. The molecule has 0 radical (unpaired) electrons. The summed E-state index contributed by atoms with van der Waals surface area (Å²) < 4.78 is 44.9. The SMILES string of the molecule is CC[C@H](C)NC(=O)[C@H](Cc1ccccc1)N(Cc1cccc(Br)c1)C(=O)CN(c1ccccc1F)S(=O)(=O)c1ccc(C)cc1. The van der Waals surface area contributed by atoms with Crippen LogP contribution in [0.2, 0.25) is 0 Å². The number of anilines is 1. The van der Waals surface area contributed by atoms with Gasteiger partial charge in [-0.25, -0.2) is 12.8 Å². The zero-order valence-corrected chi connectivity index (χ0v) is 27.9. The molecule has 0 aromatic heterocycles. The van der Waals surface area contributed by atoms with Gasteiger partial charge in [-0.3, -0.25) is 13.9 Å². The van der Waals surface area contributed by atoms with Crippen molar-refractivity contribution in [3.8, 4) is 0 Å². The summed E-state index contributed by atoms with van der Waals surface area (Å²) in [6, 6.07) is 27.1. The van der Waals surface area contributed by atoms with Gasteiger partial charge in [0.2, 0.25) is 11.8 Å². The van der Waals surface area contributed by atoms with E-state index >= 15 is 4.39 Å². The minimum atomic E-state index is -4.39. The standard InChI is InChI=1S/C35H37BrFN3O4S/c1-4-26(3)38-35(42)33(22-27-11-6-5-7-12-27)39(23-28-13-10-14-29(36)21-28)34(41)24-40(32-16-9-8-15-31(32)37)45(43,44)30-19-17-25(2)18-20-30/h5-21,26,33H,4,22-24H2,1-3H3,(H,38,42)/t26-,33-/m0/s1. The Kier molecular flexibility index (Phi) is 11.5. The Morgan fingerprint density at radius 1 is 0.889 bits per heavy atom. The van der Waals surface area contributed by atoms with Crippen LogP contribution in [0.1, 0.15) is 37.0 Å². The van der Waals surface area contributed by atoms with Crippen LogP contribution in [0, 0.1) is 12.7 Å². The zero-order valence-electron chi connectivity index (χ0n) is 25.5. The van der Waals surface area contributed by atoms with Gasteiger partial charge in [-0.1, -0.05) is 95.1 Å². The van der Waals surface area contributed by atoms with E-state index < -0.39 is 34.3 Å². The van der Waals surface area contributed by atoms with Gasteiger partial charge in [0.15, 0.2) is 0 Å². The lowest BCUT2D eigenvalue weighted by Gasteiger charge is -2.34. The molecule has 0 spiro atoms. The van der Waals surface area contributed by atoms with Gasteiger partial charge in [-0.05, 0) is 67.8 Å². The number of aryl methyl sites for hydroxylation is 1. The van der Waals surface area contributed by atoms with Crippen molar-refractivity contribution in [2.24, 2.45) is 0 Å². The maximum Gasteiger partial charge on any atom is 0.264 e. The summed E-state index contributed by atoms with van der Waals surface area (Å²) in [4.78, 5) is 29.6. The lowest BCUT2D eigenvalue weighted by atomic mass is 10.0. The Hall–Kier alpha value is -4.02. The smallest absolute Gasteiger partial charge is 0.264 e. The fraction of sp³-hybridized carbons (Fsp3) is 0.257. The summed E-state index contributed by atoms with van der Waals surface area (Å²) in [6.45, 7) is 4.94. The zero-order chi connectivity index (χ0) is 32.6. The number of amides is 2. The largest absolute Gasteiger partial charge is 0.352 e. The molecule has 2 amide bonds. The van der Waals surface area contributed by atoms with Gasteiger partial charge in [-0.15, -0.1) is 0 Å². The van der Waals surface area contributed by atoms with E-state index in [1.165, 1.54) is 35.2 Å². The molecular weight excluding hydrogens is 657 g/mol. The summed E-state index contributed by atoms with van der Waals surface area (Å²) in [5.41, 5.74) is 2.13. The highest BCUT2D eigenvalue weighted by molar-refractivity contribution is 9.10. The van der Waals surface area contributed by atoms with Crippen LogP contribution >= 0.6 is 15.9 Å². The molecule has 4 aromatic rings. The average molecular weight is 695 g/mol. The Morgan fingerprint density at radius 3 is 2.18 bits per heavy atom. The summed E-state index contributed by atoms with van der Waals surface area (Å²) in [7, 11) is -4.39. The highest BCUT2D eigenvalue weighted by atomic mass is 79.9. The predicted molar refractivity (Wildman–Crippen MR) is 179 cm³/mol. The molecule has 45 heavy (non-hydrogen) atoms. The van der Waals surface area contributed by atoms with Crippen LogP contribution in [0.3, 0.4) is 0 Å². The first-order valence-electron chi connectivity index (χ1n) is 14.7. The molecule has 2 atom stereocenters. The fourth-order valence-electron chi connectivity index (χ4n) is 4.83. The normalized spacial score (nSPS) is 12.6. The van der Waals surface area contributed by atoms with E-state index in [0.29, 0.717) is 6.42 Å². The molecule has 10 heteroatoms. The Balaban J connectivity index is 1.82. The highest BCUT2D eigenvalue weighted by Crippen LogP contribution is 2.28. The predicted octanol–water partition coefficient (Wildman–Crippen LogP) is 6.65. The van der Waals surface area contributed by atoms with E-state index in [1.807, 2.05) is 75.4 Å². The van der Waals surface area contributed by atoms with E-state index in [-0.39, 0.29) is 35.5 Å². The van der Waals surface area contributed by atoms with Crippen LogP contribution in [0.4, 0.5) is 10.1 Å². The molecule has 0 unspecified atom stereocenters. The molecule has 0 fully saturated rings. The monoisotopic (exact) mass is 693 g/mol. The summed E-state index contributed by atoms with van der Waals surface area (Å²) in [6.07, 6.45) is 0.868. The number of benzene rings is 4. The van der Waals surface area contributed by atoms with Gasteiger partial charge in [0.25, 0.3) is 10.0 Å². The second-order valence-corrected chi connectivity index (χ2v) is 13.7. The van der Waals surface area contributed by atoms with E-state index in [1.54, 1.807) is 12.1 Å². The second-order valence-electron chi connectivity index (χ2n) is 11.0. The first-order valence-corrected chi connectivity index (χ1v) is 16.9. The van der Waals surface area contributed by atoms with Gasteiger partial charge in [0.05, 0.1) is 10.6 Å². The van der Waals surface area contributed by atoms with Crippen molar-refractivity contribution < 1.29 is 22.4 Å². The number of para-hydroxylation sites is 1. The van der Waals surface area contributed by atoms with Crippen molar-refractivity contribution >= 4 is 43.5 Å². The molecular formula is C35H37BrFN3O4S. The maximum atomic E-state index is 15.2. The first kappa shape index (κ1) is 33.9. The minimum absolute atomic E-state index is 0.0133. The van der Waals surface area contributed by atoms with Crippen LogP contribution in [0.5, 0.6) is 0 Å². The number of carbonyl (C=O) groups excluding carboxylic acids is 2. The molecule has 4 rings (SSSR count). The molecule has 0 saturated carbocycles.